The average Bonchev–Trinajstić information content (AvgIpc) is 3.43. The molecular weight excluding hydrogens is 427 g/mol. The van der Waals surface area contributed by atoms with Crippen molar-refractivity contribution in [1.29, 1.82) is 0 Å². The van der Waals surface area contributed by atoms with E-state index >= 15 is 0 Å². The van der Waals surface area contributed by atoms with E-state index in [2.05, 4.69) is 30.7 Å². The third-order valence-corrected chi connectivity index (χ3v) is 4.80. The molecule has 0 radical (unpaired) electrons. The van der Waals surface area contributed by atoms with E-state index in [1.54, 1.807) is 6.20 Å². The lowest BCUT2D eigenvalue weighted by Gasteiger charge is -2.12. The number of fused-ring (bicyclic) bond motifs is 1. The molecule has 0 atom stereocenters. The van der Waals surface area contributed by atoms with E-state index in [0.717, 1.165) is 22.2 Å². The van der Waals surface area contributed by atoms with Crippen LogP contribution in [0.2, 0.25) is 0 Å². The fourth-order valence-corrected chi connectivity index (χ4v) is 3.17. The van der Waals surface area contributed by atoms with Gasteiger partial charge >= 0.3 is 6.18 Å². The fourth-order valence-electron chi connectivity index (χ4n) is 3.17. The van der Waals surface area contributed by atoms with Gasteiger partial charge in [0.1, 0.15) is 12.3 Å². The van der Waals surface area contributed by atoms with Crippen LogP contribution in [-0.2, 0) is 0 Å². The quantitative estimate of drug-likeness (QED) is 0.359. The van der Waals surface area contributed by atoms with E-state index in [-0.39, 0.29) is 11.3 Å². The number of aryl methyl sites for hydroxylation is 1. The molecule has 32 heavy (non-hydrogen) atoms. The number of ether oxygens (including phenoxy) is 1. The topological polar surface area (TPSA) is 121 Å². The molecule has 9 nitrogen and oxygen atoms in total. The number of anilines is 2. The normalized spacial score (nSPS) is 11.5. The second-order valence-corrected chi connectivity index (χ2v) is 6.93. The van der Waals surface area contributed by atoms with E-state index in [4.69, 9.17) is 4.74 Å². The Labute approximate surface area is 179 Å². The Morgan fingerprint density at radius 2 is 2.00 bits per heavy atom. The van der Waals surface area contributed by atoms with Crippen molar-refractivity contribution in [2.75, 3.05) is 19.0 Å². The Balaban J connectivity index is 1.54. The molecule has 2 aromatic carbocycles. The first-order valence-corrected chi connectivity index (χ1v) is 9.41. The van der Waals surface area contributed by atoms with Crippen LogP contribution in [0.1, 0.15) is 15.9 Å². The molecule has 0 aliphatic carbocycles. The van der Waals surface area contributed by atoms with Gasteiger partial charge in [0.15, 0.2) is 5.82 Å². The molecule has 0 unspecified atom stereocenters. The highest BCUT2D eigenvalue weighted by atomic mass is 19.4. The Kier molecular flexibility index (Phi) is 5.43. The number of aromatic amines is 2. The van der Waals surface area contributed by atoms with Crippen molar-refractivity contribution in [2.24, 2.45) is 0 Å². The van der Waals surface area contributed by atoms with Crippen LogP contribution in [0.25, 0.3) is 22.3 Å². The predicted molar refractivity (Wildman–Crippen MR) is 111 cm³/mol. The first kappa shape index (κ1) is 21.2. The summed E-state index contributed by atoms with van der Waals surface area (Å²) in [7, 11) is 1.32. The zero-order chi connectivity index (χ0) is 22.9. The number of amides is 1. The Morgan fingerprint density at radius 3 is 2.75 bits per heavy atom. The molecule has 0 bridgehead atoms. The molecule has 0 saturated carbocycles. The van der Waals surface area contributed by atoms with E-state index in [1.165, 1.54) is 25.3 Å². The number of carbonyl (C=O) groups is 1. The second-order valence-electron chi connectivity index (χ2n) is 6.93. The molecule has 2 aromatic heterocycles. The van der Waals surface area contributed by atoms with Crippen LogP contribution >= 0.6 is 0 Å². The van der Waals surface area contributed by atoms with E-state index in [9.17, 15) is 18.0 Å². The van der Waals surface area contributed by atoms with Crippen molar-refractivity contribution in [1.82, 2.24) is 30.7 Å². The zero-order valence-corrected chi connectivity index (χ0v) is 17.0. The minimum atomic E-state index is -4.51. The van der Waals surface area contributed by atoms with Gasteiger partial charge in [-0.1, -0.05) is 6.07 Å². The highest BCUT2D eigenvalue weighted by Crippen LogP contribution is 2.28. The van der Waals surface area contributed by atoms with Crippen LogP contribution in [0.3, 0.4) is 0 Å². The summed E-state index contributed by atoms with van der Waals surface area (Å²) in [6.45, 7) is 0.517. The molecule has 0 fully saturated rings. The highest BCUT2D eigenvalue weighted by Gasteiger charge is 2.28. The number of alkyl halides is 3. The standard InChI is InChI=1S/C20H18F3N7O2/c1-10-13-8-25-28-15(13)6-5-14(10)26-19-27-17(29-30-19)11-3-4-12(16(7-11)32-2)18(31)24-9-20(21,22)23/h3-8H,9H2,1-2H3,(H,24,31)(H,25,28)(H2,26,27,29,30). The maximum atomic E-state index is 12.4. The van der Waals surface area contributed by atoms with Gasteiger partial charge < -0.3 is 20.4 Å². The van der Waals surface area contributed by atoms with Crippen LogP contribution in [-0.4, -0.2) is 51.1 Å². The monoisotopic (exact) mass is 445 g/mol. The van der Waals surface area contributed by atoms with Gasteiger partial charge in [-0.3, -0.25) is 9.89 Å². The number of methoxy groups -OCH3 is 1. The molecule has 0 aliphatic heterocycles. The smallest absolute Gasteiger partial charge is 0.405 e. The third kappa shape index (κ3) is 4.33. The first-order valence-electron chi connectivity index (χ1n) is 9.41. The van der Waals surface area contributed by atoms with Gasteiger partial charge in [0, 0.05) is 16.6 Å². The molecule has 2 heterocycles. The van der Waals surface area contributed by atoms with E-state index in [0.29, 0.717) is 17.3 Å². The second kappa shape index (κ2) is 8.21. The van der Waals surface area contributed by atoms with Gasteiger partial charge in [-0.2, -0.15) is 18.3 Å². The van der Waals surface area contributed by atoms with Gasteiger partial charge in [0.2, 0.25) is 5.95 Å². The van der Waals surface area contributed by atoms with Crippen molar-refractivity contribution in [3.63, 3.8) is 0 Å². The molecule has 0 spiro atoms. The van der Waals surface area contributed by atoms with Crippen LogP contribution in [0, 0.1) is 6.92 Å². The zero-order valence-electron chi connectivity index (χ0n) is 17.0. The molecule has 1 amide bonds. The summed E-state index contributed by atoms with van der Waals surface area (Å²) in [6, 6.07) is 8.18. The molecule has 4 N–H and O–H groups in total. The lowest BCUT2D eigenvalue weighted by molar-refractivity contribution is -0.123. The van der Waals surface area contributed by atoms with Gasteiger partial charge in [0.25, 0.3) is 5.91 Å². The summed E-state index contributed by atoms with van der Waals surface area (Å²) in [5.41, 5.74) is 3.22. The molecule has 4 aromatic rings. The Hall–Kier alpha value is -4.09. The Bertz CT molecular complexity index is 1280. The summed E-state index contributed by atoms with van der Waals surface area (Å²) in [6.07, 6.45) is -2.77. The molecule has 0 aliphatic rings. The number of carbonyl (C=O) groups excluding carboxylic acids is 1. The summed E-state index contributed by atoms with van der Waals surface area (Å²) < 4.78 is 42.3. The number of nitrogens with one attached hydrogen (secondary N) is 4. The first-order chi connectivity index (χ1) is 15.2. The Morgan fingerprint density at radius 1 is 1.19 bits per heavy atom. The van der Waals surface area contributed by atoms with E-state index in [1.807, 2.05) is 24.4 Å². The highest BCUT2D eigenvalue weighted by molar-refractivity contribution is 5.97. The molecule has 166 valence electrons. The maximum Gasteiger partial charge on any atom is 0.405 e. The van der Waals surface area contributed by atoms with Crippen molar-refractivity contribution in [3.05, 3.63) is 47.7 Å². The van der Waals surface area contributed by atoms with Crippen molar-refractivity contribution >= 4 is 28.4 Å². The largest absolute Gasteiger partial charge is 0.496 e. The average molecular weight is 445 g/mol. The number of halogens is 3. The lowest BCUT2D eigenvalue weighted by atomic mass is 10.1. The van der Waals surface area contributed by atoms with Gasteiger partial charge in [-0.05, 0) is 36.8 Å². The van der Waals surface area contributed by atoms with Crippen LogP contribution in [0.4, 0.5) is 24.8 Å². The number of rotatable bonds is 6. The van der Waals surface area contributed by atoms with Crippen LogP contribution in [0.15, 0.2) is 36.5 Å². The van der Waals surface area contributed by atoms with Crippen LogP contribution in [0.5, 0.6) is 5.75 Å². The lowest BCUT2D eigenvalue weighted by Crippen LogP contribution is -2.33. The minimum Gasteiger partial charge on any atom is -0.496 e. The van der Waals surface area contributed by atoms with Gasteiger partial charge in [0.05, 0.1) is 24.4 Å². The maximum absolute atomic E-state index is 12.4. The summed E-state index contributed by atoms with van der Waals surface area (Å²) in [5.74, 6) is -0.0166. The SMILES string of the molecule is COc1cc(-c2nnc(Nc3ccc4[nH]ncc4c3C)[nH]2)ccc1C(=O)NCC(F)(F)F. The number of benzene rings is 2. The molecule has 4 rings (SSSR count). The third-order valence-electron chi connectivity index (χ3n) is 4.80. The summed E-state index contributed by atoms with van der Waals surface area (Å²) >= 11 is 0. The molecular formula is C20H18F3N7O2. The van der Waals surface area contributed by atoms with Crippen LogP contribution < -0.4 is 15.4 Å². The van der Waals surface area contributed by atoms with Gasteiger partial charge in [-0.15, -0.1) is 10.2 Å². The summed E-state index contributed by atoms with van der Waals surface area (Å²) in [4.78, 5) is 15.1. The fraction of sp³-hybridized carbons (Fsp3) is 0.200. The predicted octanol–water partition coefficient (Wildman–Crippen LogP) is 3.70. The minimum absolute atomic E-state index is 0.0256. The number of H-pyrrole nitrogens is 2. The van der Waals surface area contributed by atoms with Crippen molar-refractivity contribution in [3.8, 4) is 17.1 Å². The van der Waals surface area contributed by atoms with Crippen molar-refractivity contribution in [2.45, 2.75) is 13.1 Å². The molecule has 0 saturated heterocycles. The number of nitrogens with zero attached hydrogens (tertiary/aromatic N) is 3. The number of aromatic nitrogens is 5. The van der Waals surface area contributed by atoms with Crippen molar-refractivity contribution < 1.29 is 22.7 Å². The summed E-state index contributed by atoms with van der Waals surface area (Å²) in [5, 5.41) is 21.1. The van der Waals surface area contributed by atoms with E-state index < -0.39 is 18.6 Å². The van der Waals surface area contributed by atoms with Gasteiger partial charge in [-0.25, -0.2) is 0 Å². The number of hydrogen-bond donors (Lipinski definition) is 4. The molecule has 12 heteroatoms. The number of hydrogen-bond acceptors (Lipinski definition) is 6.